The van der Waals surface area contributed by atoms with Crippen LogP contribution in [-0.4, -0.2) is 95.8 Å². The second-order valence-electron chi connectivity index (χ2n) is 13.1. The van der Waals surface area contributed by atoms with Crippen LogP contribution in [0.15, 0.2) is 42.5 Å². The fraction of sp³-hybridized carbons (Fsp3) is 0.639. The minimum absolute atomic E-state index is 0.0162. The Balaban J connectivity index is 1.18. The van der Waals surface area contributed by atoms with Gasteiger partial charge >= 0.3 is 0 Å². The SMILES string of the molecule is COCCCN1CCOc2ccc(CO[C@H]3CNC[C@@H](OCC(=O)N4CCC[C@H]4C)[C@@H]3c3ccc(C(OC)C4CC4)cc3)cc21. The van der Waals surface area contributed by atoms with Crippen LogP contribution in [0.3, 0.4) is 0 Å². The Bertz CT molecular complexity index is 1250. The highest BCUT2D eigenvalue weighted by molar-refractivity contribution is 5.78. The highest BCUT2D eigenvalue weighted by Gasteiger charge is 2.38. The van der Waals surface area contributed by atoms with Crippen LogP contribution in [0, 0.1) is 5.92 Å². The van der Waals surface area contributed by atoms with Gasteiger partial charge in [-0.1, -0.05) is 30.3 Å². The lowest BCUT2D eigenvalue weighted by Crippen LogP contribution is -2.51. The van der Waals surface area contributed by atoms with Crippen molar-refractivity contribution in [1.82, 2.24) is 10.2 Å². The Morgan fingerprint density at radius 1 is 1.02 bits per heavy atom. The number of carbonyl (C=O) groups excluding carboxylic acids is 1. The van der Waals surface area contributed by atoms with E-state index in [2.05, 4.69) is 59.6 Å². The van der Waals surface area contributed by atoms with Gasteiger partial charge in [0.25, 0.3) is 0 Å². The largest absolute Gasteiger partial charge is 0.490 e. The number of methoxy groups -OCH3 is 2. The Hall–Kier alpha value is -2.69. The lowest BCUT2D eigenvalue weighted by atomic mass is 9.84. The predicted molar refractivity (Wildman–Crippen MR) is 174 cm³/mol. The maximum atomic E-state index is 13.1. The summed E-state index contributed by atoms with van der Waals surface area (Å²) in [5.74, 6) is 1.60. The van der Waals surface area contributed by atoms with E-state index < -0.39 is 0 Å². The van der Waals surface area contributed by atoms with Gasteiger partial charge in [0.15, 0.2) is 0 Å². The van der Waals surface area contributed by atoms with Gasteiger partial charge in [-0.25, -0.2) is 0 Å². The molecule has 0 spiro atoms. The number of rotatable bonds is 14. The molecule has 0 radical (unpaired) electrons. The van der Waals surface area contributed by atoms with Crippen molar-refractivity contribution in [2.45, 2.75) is 75.9 Å². The first kappa shape index (κ1) is 32.3. The lowest BCUT2D eigenvalue weighted by molar-refractivity contribution is -0.141. The molecule has 1 N–H and O–H groups in total. The quantitative estimate of drug-likeness (QED) is 0.305. The van der Waals surface area contributed by atoms with Gasteiger partial charge < -0.3 is 38.8 Å². The van der Waals surface area contributed by atoms with E-state index in [1.54, 1.807) is 14.2 Å². The lowest BCUT2D eigenvalue weighted by Gasteiger charge is -2.39. The van der Waals surface area contributed by atoms with Gasteiger partial charge in [-0.05, 0) is 73.8 Å². The number of likely N-dealkylation sites (tertiary alicyclic amines) is 1. The van der Waals surface area contributed by atoms with Crippen LogP contribution in [0.1, 0.15) is 67.7 Å². The van der Waals surface area contributed by atoms with E-state index in [1.165, 1.54) is 24.0 Å². The highest BCUT2D eigenvalue weighted by Crippen LogP contribution is 2.43. The number of ether oxygens (including phenoxy) is 5. The molecule has 1 unspecified atom stereocenters. The molecule has 0 aromatic heterocycles. The predicted octanol–water partition coefficient (Wildman–Crippen LogP) is 4.69. The summed E-state index contributed by atoms with van der Waals surface area (Å²) in [6, 6.07) is 15.5. The van der Waals surface area contributed by atoms with E-state index in [4.69, 9.17) is 23.7 Å². The van der Waals surface area contributed by atoms with E-state index in [0.29, 0.717) is 32.2 Å². The summed E-state index contributed by atoms with van der Waals surface area (Å²) >= 11 is 0. The van der Waals surface area contributed by atoms with Gasteiger partial charge in [-0.15, -0.1) is 0 Å². The Morgan fingerprint density at radius 2 is 1.82 bits per heavy atom. The van der Waals surface area contributed by atoms with E-state index in [1.807, 2.05) is 4.90 Å². The standard InChI is InChI=1S/C36H51N3O6/c1-25-6-4-16-39(25)34(40)24-45-33-22-37-21-32(35(33)27-8-10-28(11-9-27)36(42-3)29-12-13-29)44-23-26-7-14-31-30(20-26)38(17-19-43-31)15-5-18-41-2/h7-11,14,20,25,29,32-33,35-37H,4-6,12-13,15-19,21-24H2,1-3H3/t25-,32+,33-,35-,36?/m1/s1. The molecule has 3 heterocycles. The van der Waals surface area contributed by atoms with Crippen LogP contribution in [0.4, 0.5) is 5.69 Å². The average molecular weight is 622 g/mol. The smallest absolute Gasteiger partial charge is 0.248 e. The van der Waals surface area contributed by atoms with Crippen LogP contribution in [0.2, 0.25) is 0 Å². The number of piperidine rings is 1. The first-order valence-corrected chi connectivity index (χ1v) is 16.9. The summed E-state index contributed by atoms with van der Waals surface area (Å²) in [4.78, 5) is 17.4. The van der Waals surface area contributed by atoms with Gasteiger partial charge in [0.05, 0.1) is 37.2 Å². The molecule has 1 amide bonds. The van der Waals surface area contributed by atoms with Gasteiger partial charge in [0.2, 0.25) is 5.91 Å². The Labute approximate surface area is 268 Å². The van der Waals surface area contributed by atoms with Crippen molar-refractivity contribution in [1.29, 1.82) is 0 Å². The van der Waals surface area contributed by atoms with Crippen LogP contribution in [-0.2, 0) is 30.3 Å². The molecule has 9 heteroatoms. The number of amides is 1. The summed E-state index contributed by atoms with van der Waals surface area (Å²) in [6.07, 6.45) is 5.38. The molecule has 246 valence electrons. The molecule has 3 aliphatic heterocycles. The molecular weight excluding hydrogens is 570 g/mol. The molecule has 6 rings (SSSR count). The van der Waals surface area contributed by atoms with E-state index >= 15 is 0 Å². The number of fused-ring (bicyclic) bond motifs is 1. The zero-order chi connectivity index (χ0) is 31.2. The normalized spacial score (nSPS) is 25.6. The Morgan fingerprint density at radius 3 is 2.53 bits per heavy atom. The molecular formula is C36H51N3O6. The minimum Gasteiger partial charge on any atom is -0.490 e. The maximum Gasteiger partial charge on any atom is 0.248 e. The molecule has 45 heavy (non-hydrogen) atoms. The molecule has 9 nitrogen and oxygen atoms in total. The monoisotopic (exact) mass is 621 g/mol. The molecule has 5 atom stereocenters. The summed E-state index contributed by atoms with van der Waals surface area (Å²) in [7, 11) is 3.55. The third-order valence-electron chi connectivity index (χ3n) is 9.96. The zero-order valence-electron chi connectivity index (χ0n) is 27.2. The molecule has 2 aromatic carbocycles. The maximum absolute atomic E-state index is 13.1. The fourth-order valence-electron chi connectivity index (χ4n) is 7.33. The van der Waals surface area contributed by atoms with Crippen molar-refractivity contribution in [3.05, 3.63) is 59.2 Å². The number of hydrogen-bond donors (Lipinski definition) is 1. The highest BCUT2D eigenvalue weighted by atomic mass is 16.5. The van der Waals surface area contributed by atoms with Crippen molar-refractivity contribution in [2.75, 3.05) is 71.7 Å². The van der Waals surface area contributed by atoms with Crippen LogP contribution in [0.5, 0.6) is 5.75 Å². The third kappa shape index (κ3) is 7.83. The number of benzene rings is 2. The van der Waals surface area contributed by atoms with E-state index in [9.17, 15) is 4.79 Å². The zero-order valence-corrected chi connectivity index (χ0v) is 27.2. The molecule has 1 aliphatic carbocycles. The molecule has 1 saturated carbocycles. The summed E-state index contributed by atoms with van der Waals surface area (Å²) in [5, 5.41) is 3.54. The van der Waals surface area contributed by atoms with Crippen molar-refractivity contribution in [2.24, 2.45) is 5.92 Å². The topological polar surface area (TPSA) is 81.7 Å². The van der Waals surface area contributed by atoms with Crippen LogP contribution in [0.25, 0.3) is 0 Å². The molecule has 2 saturated heterocycles. The third-order valence-corrected chi connectivity index (χ3v) is 9.96. The summed E-state index contributed by atoms with van der Waals surface area (Å²) in [6.45, 7) is 8.12. The molecule has 3 fully saturated rings. The van der Waals surface area contributed by atoms with Gasteiger partial charge in [-0.2, -0.15) is 0 Å². The van der Waals surface area contributed by atoms with Gasteiger partial charge in [0.1, 0.15) is 19.0 Å². The van der Waals surface area contributed by atoms with Crippen molar-refractivity contribution < 1.29 is 28.5 Å². The van der Waals surface area contributed by atoms with Crippen molar-refractivity contribution in [3.8, 4) is 5.75 Å². The summed E-state index contributed by atoms with van der Waals surface area (Å²) < 4.78 is 30.3. The van der Waals surface area contributed by atoms with Gasteiger partial charge in [-0.3, -0.25) is 4.79 Å². The number of nitrogens with one attached hydrogen (secondary N) is 1. The average Bonchev–Trinajstić information content (AvgIpc) is 3.81. The molecule has 4 aliphatic rings. The van der Waals surface area contributed by atoms with E-state index in [0.717, 1.165) is 62.5 Å². The number of nitrogens with zero attached hydrogens (tertiary/aromatic N) is 2. The van der Waals surface area contributed by atoms with Gasteiger partial charge in [0, 0.05) is 59.0 Å². The first-order valence-electron chi connectivity index (χ1n) is 16.9. The second kappa shape index (κ2) is 15.3. The van der Waals surface area contributed by atoms with Crippen LogP contribution < -0.4 is 15.0 Å². The summed E-state index contributed by atoms with van der Waals surface area (Å²) in [5.41, 5.74) is 4.62. The van der Waals surface area contributed by atoms with Crippen molar-refractivity contribution in [3.63, 3.8) is 0 Å². The first-order chi connectivity index (χ1) is 22.1. The molecule has 0 bridgehead atoms. The van der Waals surface area contributed by atoms with E-state index in [-0.39, 0.29) is 42.8 Å². The molecule has 2 aromatic rings. The fourth-order valence-corrected chi connectivity index (χ4v) is 7.33. The Kier molecular flexibility index (Phi) is 10.9. The number of anilines is 1. The van der Waals surface area contributed by atoms with Crippen LogP contribution >= 0.6 is 0 Å². The number of hydrogen-bond acceptors (Lipinski definition) is 8. The minimum atomic E-state index is -0.189. The number of carbonyl (C=O) groups is 1. The second-order valence-corrected chi connectivity index (χ2v) is 13.1. The van der Waals surface area contributed by atoms with Crippen molar-refractivity contribution >= 4 is 11.6 Å².